The number of thiazole rings is 1. The zero-order valence-corrected chi connectivity index (χ0v) is 10.3. The molecule has 1 rings (SSSR count). The number of nitrogens with one attached hydrogen (secondary N) is 1. The summed E-state index contributed by atoms with van der Waals surface area (Å²) in [6, 6.07) is 0. The van der Waals surface area contributed by atoms with Crippen molar-refractivity contribution in [2.45, 2.75) is 33.2 Å². The molecule has 0 amide bonds. The highest BCUT2D eigenvalue weighted by atomic mass is 32.1. The molecule has 4 nitrogen and oxygen atoms in total. The first-order valence-corrected chi connectivity index (χ1v) is 5.65. The van der Waals surface area contributed by atoms with E-state index in [4.69, 9.17) is 4.74 Å². The molecule has 1 aromatic heterocycles. The summed E-state index contributed by atoms with van der Waals surface area (Å²) in [6.45, 7) is 8.29. The standard InChI is InChI=1S/C10H16N2O2S/c1-5-14-8(13)7-6-11-9(15-7)12-10(2,3)4/h6H,5H2,1-4H3,(H,11,12). The second-order valence-corrected chi connectivity index (χ2v) is 5.16. The Morgan fingerprint density at radius 1 is 1.60 bits per heavy atom. The average molecular weight is 228 g/mol. The zero-order valence-electron chi connectivity index (χ0n) is 9.46. The summed E-state index contributed by atoms with van der Waals surface area (Å²) < 4.78 is 4.88. The Labute approximate surface area is 93.7 Å². The molecule has 1 N–H and O–H groups in total. The van der Waals surface area contributed by atoms with E-state index in [1.807, 2.05) is 20.8 Å². The first kappa shape index (κ1) is 12.0. The molecule has 0 bridgehead atoms. The van der Waals surface area contributed by atoms with Crippen LogP contribution in [0.5, 0.6) is 0 Å². The Morgan fingerprint density at radius 2 is 2.27 bits per heavy atom. The molecule has 15 heavy (non-hydrogen) atoms. The summed E-state index contributed by atoms with van der Waals surface area (Å²) in [5, 5.41) is 3.94. The van der Waals surface area contributed by atoms with Crippen LogP contribution in [0, 0.1) is 0 Å². The quantitative estimate of drug-likeness (QED) is 0.808. The van der Waals surface area contributed by atoms with Crippen molar-refractivity contribution >= 4 is 22.4 Å². The SMILES string of the molecule is CCOC(=O)c1cnc(NC(C)(C)C)s1. The predicted molar refractivity (Wildman–Crippen MR) is 61.4 cm³/mol. The molecule has 0 atom stereocenters. The van der Waals surface area contributed by atoms with Gasteiger partial charge in [-0.3, -0.25) is 0 Å². The van der Waals surface area contributed by atoms with Gasteiger partial charge in [-0.1, -0.05) is 11.3 Å². The molecule has 0 unspecified atom stereocenters. The highest BCUT2D eigenvalue weighted by molar-refractivity contribution is 7.17. The van der Waals surface area contributed by atoms with E-state index in [0.29, 0.717) is 11.5 Å². The Bertz CT molecular complexity index is 341. The Balaban J connectivity index is 2.68. The Morgan fingerprint density at radius 3 is 2.80 bits per heavy atom. The van der Waals surface area contributed by atoms with Gasteiger partial charge in [0, 0.05) is 5.54 Å². The van der Waals surface area contributed by atoms with Gasteiger partial charge < -0.3 is 10.1 Å². The van der Waals surface area contributed by atoms with Gasteiger partial charge in [0.05, 0.1) is 12.8 Å². The van der Waals surface area contributed by atoms with Crippen LogP contribution in [0.2, 0.25) is 0 Å². The van der Waals surface area contributed by atoms with Gasteiger partial charge in [0.2, 0.25) is 0 Å². The average Bonchev–Trinajstić information content (AvgIpc) is 2.50. The van der Waals surface area contributed by atoms with Crippen LogP contribution in [0.15, 0.2) is 6.20 Å². The normalized spacial score (nSPS) is 11.2. The number of hydrogen-bond donors (Lipinski definition) is 1. The lowest BCUT2D eigenvalue weighted by atomic mass is 10.1. The number of ether oxygens (including phenoxy) is 1. The molecule has 0 saturated carbocycles. The second-order valence-electron chi connectivity index (χ2n) is 4.13. The monoisotopic (exact) mass is 228 g/mol. The lowest BCUT2D eigenvalue weighted by Gasteiger charge is -2.19. The van der Waals surface area contributed by atoms with Crippen LogP contribution < -0.4 is 5.32 Å². The maximum atomic E-state index is 11.3. The number of hydrogen-bond acceptors (Lipinski definition) is 5. The highest BCUT2D eigenvalue weighted by Gasteiger charge is 2.15. The Hall–Kier alpha value is -1.10. The maximum Gasteiger partial charge on any atom is 0.350 e. The van der Waals surface area contributed by atoms with Crippen molar-refractivity contribution in [1.29, 1.82) is 0 Å². The van der Waals surface area contributed by atoms with E-state index in [0.717, 1.165) is 5.13 Å². The number of esters is 1. The van der Waals surface area contributed by atoms with E-state index >= 15 is 0 Å². The topological polar surface area (TPSA) is 51.2 Å². The van der Waals surface area contributed by atoms with Gasteiger partial charge in [-0.15, -0.1) is 0 Å². The third-order valence-electron chi connectivity index (χ3n) is 1.46. The largest absolute Gasteiger partial charge is 0.462 e. The van der Waals surface area contributed by atoms with Gasteiger partial charge in [0.1, 0.15) is 4.88 Å². The van der Waals surface area contributed by atoms with Crippen molar-refractivity contribution in [3.05, 3.63) is 11.1 Å². The second kappa shape index (κ2) is 4.61. The number of carbonyl (C=O) groups excluding carboxylic acids is 1. The molecular weight excluding hydrogens is 212 g/mol. The van der Waals surface area contributed by atoms with Crippen LogP contribution >= 0.6 is 11.3 Å². The maximum absolute atomic E-state index is 11.3. The van der Waals surface area contributed by atoms with E-state index in [2.05, 4.69) is 10.3 Å². The zero-order chi connectivity index (χ0) is 11.5. The molecule has 0 radical (unpaired) electrons. The number of nitrogens with zero attached hydrogens (tertiary/aromatic N) is 1. The van der Waals surface area contributed by atoms with Gasteiger partial charge in [-0.2, -0.15) is 0 Å². The minimum Gasteiger partial charge on any atom is -0.462 e. The minimum atomic E-state index is -0.308. The first-order valence-electron chi connectivity index (χ1n) is 4.83. The molecule has 84 valence electrons. The van der Waals surface area contributed by atoms with Crippen LogP contribution in [0.4, 0.5) is 5.13 Å². The van der Waals surface area contributed by atoms with Crippen molar-refractivity contribution in [3.8, 4) is 0 Å². The molecule has 0 spiro atoms. The van der Waals surface area contributed by atoms with Crippen molar-refractivity contribution in [2.75, 3.05) is 11.9 Å². The summed E-state index contributed by atoms with van der Waals surface area (Å²) in [6.07, 6.45) is 1.54. The predicted octanol–water partition coefficient (Wildman–Crippen LogP) is 2.53. The summed E-state index contributed by atoms with van der Waals surface area (Å²) in [7, 11) is 0. The van der Waals surface area contributed by atoms with E-state index in [1.54, 1.807) is 6.92 Å². The summed E-state index contributed by atoms with van der Waals surface area (Å²) in [5.41, 5.74) is -0.0518. The van der Waals surface area contributed by atoms with Crippen LogP contribution in [-0.2, 0) is 4.74 Å². The third-order valence-corrected chi connectivity index (χ3v) is 2.36. The lowest BCUT2D eigenvalue weighted by Crippen LogP contribution is -2.25. The molecule has 0 aromatic carbocycles. The molecule has 0 aliphatic rings. The summed E-state index contributed by atoms with van der Waals surface area (Å²) >= 11 is 1.31. The van der Waals surface area contributed by atoms with E-state index < -0.39 is 0 Å². The van der Waals surface area contributed by atoms with Crippen LogP contribution in [0.3, 0.4) is 0 Å². The smallest absolute Gasteiger partial charge is 0.350 e. The Kier molecular flexibility index (Phi) is 3.68. The molecule has 1 heterocycles. The van der Waals surface area contributed by atoms with Gasteiger partial charge in [-0.25, -0.2) is 9.78 Å². The van der Waals surface area contributed by atoms with Crippen molar-refractivity contribution < 1.29 is 9.53 Å². The first-order chi connectivity index (χ1) is 6.92. The van der Waals surface area contributed by atoms with Gasteiger partial charge in [0.15, 0.2) is 5.13 Å². The number of anilines is 1. The van der Waals surface area contributed by atoms with E-state index in [9.17, 15) is 4.79 Å². The third kappa shape index (κ3) is 3.87. The van der Waals surface area contributed by atoms with Crippen LogP contribution in [0.25, 0.3) is 0 Å². The molecule has 0 fully saturated rings. The fourth-order valence-electron chi connectivity index (χ4n) is 0.949. The van der Waals surface area contributed by atoms with E-state index in [1.165, 1.54) is 17.5 Å². The van der Waals surface area contributed by atoms with E-state index in [-0.39, 0.29) is 11.5 Å². The molecule has 5 heteroatoms. The fourth-order valence-corrected chi connectivity index (χ4v) is 1.87. The summed E-state index contributed by atoms with van der Waals surface area (Å²) in [4.78, 5) is 16.0. The number of rotatable bonds is 3. The number of carbonyl (C=O) groups is 1. The van der Waals surface area contributed by atoms with Gasteiger partial charge in [-0.05, 0) is 27.7 Å². The number of aromatic nitrogens is 1. The molecule has 0 aliphatic carbocycles. The van der Waals surface area contributed by atoms with Gasteiger partial charge >= 0.3 is 5.97 Å². The highest BCUT2D eigenvalue weighted by Crippen LogP contribution is 2.22. The molecule has 0 saturated heterocycles. The van der Waals surface area contributed by atoms with Crippen molar-refractivity contribution in [3.63, 3.8) is 0 Å². The molecule has 1 aromatic rings. The van der Waals surface area contributed by atoms with Gasteiger partial charge in [0.25, 0.3) is 0 Å². The lowest BCUT2D eigenvalue weighted by molar-refractivity contribution is 0.0532. The van der Waals surface area contributed by atoms with Crippen LogP contribution in [0.1, 0.15) is 37.4 Å². The molecular formula is C10H16N2O2S. The summed E-state index contributed by atoms with van der Waals surface area (Å²) in [5.74, 6) is -0.308. The van der Waals surface area contributed by atoms with Crippen LogP contribution in [-0.4, -0.2) is 23.1 Å². The molecule has 0 aliphatic heterocycles. The minimum absolute atomic E-state index is 0.0518. The van der Waals surface area contributed by atoms with Crippen molar-refractivity contribution in [2.24, 2.45) is 0 Å². The fraction of sp³-hybridized carbons (Fsp3) is 0.600. The van der Waals surface area contributed by atoms with Crippen molar-refractivity contribution in [1.82, 2.24) is 4.98 Å².